The Morgan fingerprint density at radius 3 is 2.45 bits per heavy atom. The fraction of sp³-hybridized carbons (Fsp3) is 0.789. The van der Waals surface area contributed by atoms with Crippen molar-refractivity contribution >= 4 is 0 Å². The van der Waals surface area contributed by atoms with Crippen LogP contribution in [0, 0.1) is 0 Å². The second-order valence-electron chi connectivity index (χ2n) is 6.55. The number of rotatable bonds is 12. The fourth-order valence-corrected chi connectivity index (χ4v) is 3.37. The molecule has 0 aromatic heterocycles. The number of nitrogens with zero attached hydrogens (tertiary/aromatic N) is 1. The van der Waals surface area contributed by atoms with Crippen LogP contribution in [0.3, 0.4) is 0 Å². The van der Waals surface area contributed by atoms with E-state index >= 15 is 0 Å². The zero-order chi connectivity index (χ0) is 16.3. The van der Waals surface area contributed by atoms with Gasteiger partial charge in [-0.05, 0) is 32.6 Å². The van der Waals surface area contributed by atoms with Crippen molar-refractivity contribution in [2.24, 2.45) is 0 Å². The van der Waals surface area contributed by atoms with E-state index in [9.17, 15) is 5.11 Å². The Labute approximate surface area is 137 Å². The Balaban J connectivity index is 2.10. The molecule has 0 bridgehead atoms. The summed E-state index contributed by atoms with van der Waals surface area (Å²) in [5.74, 6) is 0. The van der Waals surface area contributed by atoms with E-state index < -0.39 is 0 Å². The van der Waals surface area contributed by atoms with Crippen molar-refractivity contribution < 1.29 is 9.59 Å². The van der Waals surface area contributed by atoms with Crippen molar-refractivity contribution in [3.8, 4) is 0 Å². The van der Waals surface area contributed by atoms with E-state index in [1.54, 1.807) is 0 Å². The van der Waals surface area contributed by atoms with Crippen molar-refractivity contribution in [3.05, 3.63) is 24.6 Å². The molecule has 1 rings (SSSR count). The molecule has 1 aliphatic rings. The maximum atomic E-state index is 10.1. The number of hydrogen-bond donors (Lipinski definition) is 2. The molecule has 128 valence electrons. The Hall–Kier alpha value is -0.800. The number of allylic oxidation sites excluding steroid dienone is 2. The first kappa shape index (κ1) is 19.2. The van der Waals surface area contributed by atoms with Crippen LogP contribution in [-0.4, -0.2) is 28.5 Å². The lowest BCUT2D eigenvalue weighted by molar-refractivity contribution is -0.942. The molecular formula is C19H37N2O+. The first-order valence-corrected chi connectivity index (χ1v) is 9.31. The molecule has 1 heterocycles. The Morgan fingerprint density at radius 1 is 1.09 bits per heavy atom. The minimum absolute atomic E-state index is 0.337. The molecule has 0 fully saturated rings. The summed E-state index contributed by atoms with van der Waals surface area (Å²) in [7, 11) is 0. The molecule has 1 aliphatic heterocycles. The molecule has 0 amide bonds. The van der Waals surface area contributed by atoms with Crippen LogP contribution in [0.15, 0.2) is 24.6 Å². The summed E-state index contributed by atoms with van der Waals surface area (Å²) >= 11 is 0. The largest absolute Gasteiger partial charge is 0.345 e. The van der Waals surface area contributed by atoms with Gasteiger partial charge in [-0.25, -0.2) is 0 Å². The highest BCUT2D eigenvalue weighted by Crippen LogP contribution is 2.25. The molecule has 3 atom stereocenters. The maximum absolute atomic E-state index is 10.1. The zero-order valence-corrected chi connectivity index (χ0v) is 14.9. The van der Waals surface area contributed by atoms with E-state index in [1.807, 2.05) is 13.1 Å². The van der Waals surface area contributed by atoms with Crippen molar-refractivity contribution in [3.63, 3.8) is 0 Å². The highest BCUT2D eigenvalue weighted by Gasteiger charge is 2.40. The number of nitrogens with one attached hydrogen (secondary N) is 1. The lowest BCUT2D eigenvalue weighted by atomic mass is 10.1. The van der Waals surface area contributed by atoms with Gasteiger partial charge in [-0.15, -0.1) is 0 Å². The standard InChI is InChI=1S/C19H37N2O/c1-4-6-7-8-9-10-11-12-13-14-15-19-20-16-17-21(19,5-2)18(3)22/h7-8,16-20,22H,4-6,9-15H2,1-3H3/q+1/b8-7+. The van der Waals surface area contributed by atoms with E-state index in [0.717, 1.165) is 13.0 Å². The van der Waals surface area contributed by atoms with Crippen molar-refractivity contribution in [2.75, 3.05) is 6.54 Å². The van der Waals surface area contributed by atoms with Crippen LogP contribution in [0.1, 0.15) is 78.6 Å². The lowest BCUT2D eigenvalue weighted by Crippen LogP contribution is -2.57. The summed E-state index contributed by atoms with van der Waals surface area (Å²) in [6, 6.07) is 0. The normalized spacial score (nSPS) is 25.7. The predicted molar refractivity (Wildman–Crippen MR) is 94.9 cm³/mol. The Morgan fingerprint density at radius 2 is 1.77 bits per heavy atom. The molecule has 0 radical (unpaired) electrons. The highest BCUT2D eigenvalue weighted by atomic mass is 16.3. The number of quaternary nitrogens is 1. The topological polar surface area (TPSA) is 32.3 Å². The summed E-state index contributed by atoms with van der Waals surface area (Å²) in [4.78, 5) is 0. The summed E-state index contributed by atoms with van der Waals surface area (Å²) < 4.78 is 0.669. The fourth-order valence-electron chi connectivity index (χ4n) is 3.37. The van der Waals surface area contributed by atoms with Crippen molar-refractivity contribution in [2.45, 2.75) is 91.0 Å². The minimum Gasteiger partial charge on any atom is -0.345 e. The maximum Gasteiger partial charge on any atom is 0.193 e. The van der Waals surface area contributed by atoms with Gasteiger partial charge in [-0.2, -0.15) is 0 Å². The van der Waals surface area contributed by atoms with E-state index in [-0.39, 0.29) is 6.23 Å². The minimum atomic E-state index is -0.337. The molecule has 22 heavy (non-hydrogen) atoms. The molecule has 0 saturated carbocycles. The average molecular weight is 310 g/mol. The van der Waals surface area contributed by atoms with E-state index in [1.165, 1.54) is 51.4 Å². The number of hydrogen-bond acceptors (Lipinski definition) is 2. The molecule has 0 saturated heterocycles. The molecule has 2 N–H and O–H groups in total. The molecular weight excluding hydrogens is 272 g/mol. The van der Waals surface area contributed by atoms with Crippen LogP contribution in [0.4, 0.5) is 0 Å². The molecule has 0 spiro atoms. The van der Waals surface area contributed by atoms with E-state index in [4.69, 9.17) is 0 Å². The second kappa shape index (κ2) is 10.8. The summed E-state index contributed by atoms with van der Waals surface area (Å²) in [6.07, 6.45) is 20.2. The van der Waals surface area contributed by atoms with Gasteiger partial charge in [0.05, 0.1) is 12.7 Å². The molecule has 0 aromatic carbocycles. The molecule has 3 nitrogen and oxygen atoms in total. The third kappa shape index (κ3) is 5.77. The third-order valence-corrected chi connectivity index (χ3v) is 4.93. The molecule has 3 heteroatoms. The summed E-state index contributed by atoms with van der Waals surface area (Å²) in [5, 5.41) is 13.5. The van der Waals surface area contributed by atoms with Crippen molar-refractivity contribution in [1.29, 1.82) is 0 Å². The number of unbranched alkanes of at least 4 members (excludes halogenated alkanes) is 6. The average Bonchev–Trinajstić information content (AvgIpc) is 2.93. The highest BCUT2D eigenvalue weighted by molar-refractivity contribution is 4.84. The molecule has 3 unspecified atom stereocenters. The van der Waals surface area contributed by atoms with E-state index in [0.29, 0.717) is 10.6 Å². The van der Waals surface area contributed by atoms with Gasteiger partial charge < -0.3 is 10.4 Å². The Bertz CT molecular complexity index is 338. The zero-order valence-electron chi connectivity index (χ0n) is 14.9. The smallest absolute Gasteiger partial charge is 0.193 e. The summed E-state index contributed by atoms with van der Waals surface area (Å²) in [5.41, 5.74) is 0. The first-order chi connectivity index (χ1) is 10.7. The van der Waals surface area contributed by atoms with Gasteiger partial charge in [-0.3, -0.25) is 4.48 Å². The SMILES string of the molecule is CCC/C=C/CCCCCCCC1NC=C[N+]1(CC)C(C)O. The third-order valence-electron chi connectivity index (χ3n) is 4.93. The molecule has 0 aliphatic carbocycles. The van der Waals surface area contributed by atoms with Gasteiger partial charge >= 0.3 is 0 Å². The monoisotopic (exact) mass is 309 g/mol. The quantitative estimate of drug-likeness (QED) is 0.312. The van der Waals surface area contributed by atoms with Crippen LogP contribution >= 0.6 is 0 Å². The van der Waals surface area contributed by atoms with Crippen LogP contribution in [0.5, 0.6) is 0 Å². The van der Waals surface area contributed by atoms with Crippen LogP contribution < -0.4 is 5.32 Å². The van der Waals surface area contributed by atoms with Gasteiger partial charge in [0.2, 0.25) is 0 Å². The van der Waals surface area contributed by atoms with Crippen LogP contribution in [0.25, 0.3) is 0 Å². The molecule has 0 aromatic rings. The van der Waals surface area contributed by atoms with E-state index in [2.05, 4.69) is 37.5 Å². The van der Waals surface area contributed by atoms with Gasteiger partial charge in [0.15, 0.2) is 12.4 Å². The van der Waals surface area contributed by atoms with Gasteiger partial charge in [0.1, 0.15) is 6.20 Å². The lowest BCUT2D eigenvalue weighted by Gasteiger charge is -2.39. The second-order valence-corrected chi connectivity index (χ2v) is 6.55. The van der Waals surface area contributed by atoms with Gasteiger partial charge in [0, 0.05) is 13.3 Å². The van der Waals surface area contributed by atoms with Crippen LogP contribution in [0.2, 0.25) is 0 Å². The Kier molecular flexibility index (Phi) is 9.49. The van der Waals surface area contributed by atoms with Gasteiger partial charge in [0.25, 0.3) is 0 Å². The van der Waals surface area contributed by atoms with Crippen LogP contribution in [-0.2, 0) is 0 Å². The first-order valence-electron chi connectivity index (χ1n) is 9.31. The predicted octanol–water partition coefficient (Wildman–Crippen LogP) is 4.65. The van der Waals surface area contributed by atoms with Gasteiger partial charge in [-0.1, -0.05) is 44.8 Å². The number of aliphatic hydroxyl groups excluding tert-OH is 1. The summed E-state index contributed by atoms with van der Waals surface area (Å²) in [6.45, 7) is 7.22. The van der Waals surface area contributed by atoms with Crippen molar-refractivity contribution in [1.82, 2.24) is 5.32 Å². The number of aliphatic hydroxyl groups is 1.